The summed E-state index contributed by atoms with van der Waals surface area (Å²) >= 11 is 0. The summed E-state index contributed by atoms with van der Waals surface area (Å²) in [6.45, 7) is 2.42. The summed E-state index contributed by atoms with van der Waals surface area (Å²) in [5, 5.41) is 2.94. The average molecular weight is 285 g/mol. The van der Waals surface area contributed by atoms with Gasteiger partial charge in [0, 0.05) is 12.6 Å². The zero-order valence-electron chi connectivity index (χ0n) is 11.1. The molecule has 1 N–H and O–H groups in total. The van der Waals surface area contributed by atoms with E-state index in [1.807, 2.05) is 13.0 Å². The molecule has 1 heterocycles. The summed E-state index contributed by atoms with van der Waals surface area (Å²) in [5.74, 6) is 0.103. The Morgan fingerprint density at radius 1 is 1.42 bits per heavy atom. The Morgan fingerprint density at radius 2 is 2.16 bits per heavy atom. The lowest BCUT2D eigenvalue weighted by Gasteiger charge is -2.17. The van der Waals surface area contributed by atoms with Crippen LogP contribution in [-0.4, -0.2) is 32.0 Å². The van der Waals surface area contributed by atoms with Crippen molar-refractivity contribution in [2.24, 2.45) is 0 Å². The molecule has 1 aromatic carbocycles. The van der Waals surface area contributed by atoms with Crippen LogP contribution in [0.25, 0.3) is 0 Å². The second-order valence-electron chi connectivity index (χ2n) is 5.24. The first-order valence-electron chi connectivity index (χ1n) is 6.67. The third-order valence-corrected chi connectivity index (χ3v) is 5.92. The number of sulfone groups is 1. The smallest absolute Gasteiger partial charge is 0.154 e. The molecule has 5 heteroatoms. The summed E-state index contributed by atoms with van der Waals surface area (Å²) in [7, 11) is -2.90. The van der Waals surface area contributed by atoms with Gasteiger partial charge >= 0.3 is 0 Å². The minimum Gasteiger partial charge on any atom is -0.313 e. The quantitative estimate of drug-likeness (QED) is 0.899. The van der Waals surface area contributed by atoms with E-state index in [0.717, 1.165) is 12.8 Å². The highest BCUT2D eigenvalue weighted by Gasteiger charge is 2.30. The third-order valence-electron chi connectivity index (χ3n) is 3.64. The Hall–Kier alpha value is -0.940. The first kappa shape index (κ1) is 14.5. The largest absolute Gasteiger partial charge is 0.313 e. The van der Waals surface area contributed by atoms with Gasteiger partial charge in [0.15, 0.2) is 9.84 Å². The molecule has 0 saturated carbocycles. The van der Waals surface area contributed by atoms with E-state index in [1.54, 1.807) is 12.1 Å². The first-order valence-corrected chi connectivity index (χ1v) is 8.39. The molecular weight excluding hydrogens is 265 g/mol. The molecular formula is C14H20FNO2S. The molecule has 1 fully saturated rings. The first-order chi connectivity index (χ1) is 8.99. The van der Waals surface area contributed by atoms with Crippen molar-refractivity contribution in [1.29, 1.82) is 0 Å². The monoisotopic (exact) mass is 285 g/mol. The van der Waals surface area contributed by atoms with Crippen molar-refractivity contribution in [2.75, 3.05) is 12.3 Å². The maximum Gasteiger partial charge on any atom is 0.154 e. The van der Waals surface area contributed by atoms with Crippen molar-refractivity contribution in [2.45, 2.75) is 37.5 Å². The normalized spacial score (nSPS) is 23.4. The second kappa shape index (κ2) is 6.01. The Balaban J connectivity index is 1.85. The van der Waals surface area contributed by atoms with E-state index in [-0.39, 0.29) is 17.1 Å². The van der Waals surface area contributed by atoms with Gasteiger partial charge in [-0.3, -0.25) is 0 Å². The van der Waals surface area contributed by atoms with E-state index in [4.69, 9.17) is 0 Å². The lowest BCUT2D eigenvalue weighted by atomic mass is 10.1. The van der Waals surface area contributed by atoms with Gasteiger partial charge in [0.2, 0.25) is 0 Å². The molecule has 0 aliphatic carbocycles. The molecule has 3 nitrogen and oxygen atoms in total. The van der Waals surface area contributed by atoms with Crippen LogP contribution in [0.4, 0.5) is 4.39 Å². The van der Waals surface area contributed by atoms with Gasteiger partial charge in [0.05, 0.1) is 11.0 Å². The molecule has 1 aromatic rings. The standard InChI is InChI=1S/C14H20FNO2S/c1-11(9-12-5-2-3-7-14(12)15)16-10-13-6-4-8-19(13,17)18/h2-3,5,7,11,13,16H,4,6,8-10H2,1H3. The molecule has 19 heavy (non-hydrogen) atoms. The molecule has 0 bridgehead atoms. The molecule has 2 atom stereocenters. The SMILES string of the molecule is CC(Cc1ccccc1F)NCC1CCCS1(=O)=O. The fraction of sp³-hybridized carbons (Fsp3) is 0.571. The van der Waals surface area contributed by atoms with Gasteiger partial charge in [-0.25, -0.2) is 12.8 Å². The molecule has 0 radical (unpaired) electrons. The van der Waals surface area contributed by atoms with Crippen molar-refractivity contribution < 1.29 is 12.8 Å². The van der Waals surface area contributed by atoms with E-state index < -0.39 is 9.84 Å². The van der Waals surface area contributed by atoms with Gasteiger partial charge in [-0.1, -0.05) is 18.2 Å². The zero-order valence-corrected chi connectivity index (χ0v) is 11.9. The number of hydrogen-bond donors (Lipinski definition) is 1. The molecule has 0 amide bonds. The van der Waals surface area contributed by atoms with Crippen LogP contribution in [0, 0.1) is 5.82 Å². The minimum absolute atomic E-state index is 0.0627. The van der Waals surface area contributed by atoms with E-state index >= 15 is 0 Å². The second-order valence-corrected chi connectivity index (χ2v) is 7.64. The summed E-state index contributed by atoms with van der Waals surface area (Å²) in [5.41, 5.74) is 0.664. The molecule has 1 saturated heterocycles. The van der Waals surface area contributed by atoms with Crippen LogP contribution in [0.3, 0.4) is 0 Å². The van der Waals surface area contributed by atoms with Crippen molar-refractivity contribution >= 4 is 9.84 Å². The van der Waals surface area contributed by atoms with Crippen LogP contribution >= 0.6 is 0 Å². The molecule has 2 rings (SSSR count). The predicted octanol–water partition coefficient (Wildman–Crippen LogP) is 1.92. The van der Waals surface area contributed by atoms with E-state index in [0.29, 0.717) is 24.3 Å². The number of halogens is 1. The van der Waals surface area contributed by atoms with Crippen LogP contribution in [0.5, 0.6) is 0 Å². The Labute approximate surface area is 114 Å². The van der Waals surface area contributed by atoms with E-state index in [9.17, 15) is 12.8 Å². The van der Waals surface area contributed by atoms with Gasteiger partial charge in [-0.2, -0.15) is 0 Å². The van der Waals surface area contributed by atoms with Gasteiger partial charge in [-0.05, 0) is 37.8 Å². The van der Waals surface area contributed by atoms with Crippen molar-refractivity contribution in [3.05, 3.63) is 35.6 Å². The van der Waals surface area contributed by atoms with Gasteiger partial charge in [0.1, 0.15) is 5.82 Å². The summed E-state index contributed by atoms with van der Waals surface area (Å²) < 4.78 is 36.9. The maximum atomic E-state index is 13.5. The van der Waals surface area contributed by atoms with Crippen molar-refractivity contribution in [3.8, 4) is 0 Å². The summed E-state index contributed by atoms with van der Waals surface area (Å²) in [6, 6.07) is 6.76. The zero-order chi connectivity index (χ0) is 13.9. The van der Waals surface area contributed by atoms with Crippen molar-refractivity contribution in [3.63, 3.8) is 0 Å². The van der Waals surface area contributed by atoms with Crippen LogP contribution in [-0.2, 0) is 16.3 Å². The molecule has 106 valence electrons. The average Bonchev–Trinajstić information content (AvgIpc) is 2.69. The highest BCUT2D eigenvalue weighted by molar-refractivity contribution is 7.92. The molecule has 1 aliphatic rings. The summed E-state index contributed by atoms with van der Waals surface area (Å²) in [4.78, 5) is 0. The van der Waals surface area contributed by atoms with Crippen molar-refractivity contribution in [1.82, 2.24) is 5.32 Å². The molecule has 1 aliphatic heterocycles. The van der Waals surface area contributed by atoms with Gasteiger partial charge in [-0.15, -0.1) is 0 Å². The fourth-order valence-electron chi connectivity index (χ4n) is 2.49. The van der Waals surface area contributed by atoms with Gasteiger partial charge < -0.3 is 5.32 Å². The Morgan fingerprint density at radius 3 is 2.79 bits per heavy atom. The topological polar surface area (TPSA) is 46.2 Å². The summed E-state index contributed by atoms with van der Waals surface area (Å²) in [6.07, 6.45) is 2.07. The molecule has 0 spiro atoms. The van der Waals surface area contributed by atoms with Gasteiger partial charge in [0.25, 0.3) is 0 Å². The number of benzene rings is 1. The van der Waals surface area contributed by atoms with Crippen LogP contribution in [0.15, 0.2) is 24.3 Å². The Bertz CT molecular complexity index is 530. The molecule has 2 unspecified atom stereocenters. The maximum absolute atomic E-state index is 13.5. The highest BCUT2D eigenvalue weighted by atomic mass is 32.2. The van der Waals surface area contributed by atoms with E-state index in [2.05, 4.69) is 5.32 Å². The lowest BCUT2D eigenvalue weighted by molar-refractivity contribution is 0.510. The highest BCUT2D eigenvalue weighted by Crippen LogP contribution is 2.19. The third kappa shape index (κ3) is 3.76. The number of hydrogen-bond acceptors (Lipinski definition) is 3. The van der Waals surface area contributed by atoms with Crippen LogP contribution in [0.1, 0.15) is 25.3 Å². The van der Waals surface area contributed by atoms with Crippen LogP contribution in [0.2, 0.25) is 0 Å². The van der Waals surface area contributed by atoms with E-state index in [1.165, 1.54) is 6.07 Å². The number of rotatable bonds is 5. The minimum atomic E-state index is -2.90. The van der Waals surface area contributed by atoms with Crippen LogP contribution < -0.4 is 5.32 Å². The predicted molar refractivity (Wildman–Crippen MR) is 74.4 cm³/mol. The number of nitrogens with one attached hydrogen (secondary N) is 1. The molecule has 0 aromatic heterocycles. The fourth-order valence-corrected chi connectivity index (χ4v) is 4.26. The Kier molecular flexibility index (Phi) is 4.58. The lowest BCUT2D eigenvalue weighted by Crippen LogP contribution is -2.37.